The Morgan fingerprint density at radius 1 is 0.918 bits per heavy atom. The number of alkyl halides is 3. The van der Waals surface area contributed by atoms with E-state index in [4.69, 9.17) is 30.5 Å². The number of carbonyl (C=O) groups excluding carboxylic acids is 1. The van der Waals surface area contributed by atoms with Crippen molar-refractivity contribution in [2.75, 3.05) is 31.6 Å². The van der Waals surface area contributed by atoms with Gasteiger partial charge in [0, 0.05) is 42.5 Å². The lowest BCUT2D eigenvalue weighted by Crippen LogP contribution is -2.52. The summed E-state index contributed by atoms with van der Waals surface area (Å²) in [6.07, 6.45) is -3.48. The van der Waals surface area contributed by atoms with Gasteiger partial charge in [-0.25, -0.2) is 21.9 Å². The molecule has 0 N–H and O–H groups in total. The van der Waals surface area contributed by atoms with E-state index in [1.807, 2.05) is 0 Å². The number of anilines is 1. The summed E-state index contributed by atoms with van der Waals surface area (Å²) >= 11 is 7.61. The van der Waals surface area contributed by atoms with Crippen LogP contribution in [-0.2, 0) is 27.5 Å². The van der Waals surface area contributed by atoms with Crippen LogP contribution in [0.5, 0.6) is 23.0 Å². The third-order valence-electron chi connectivity index (χ3n) is 9.48. The number of halogens is 5. The molecule has 4 aromatic carbocycles. The van der Waals surface area contributed by atoms with Gasteiger partial charge in [-0.15, -0.1) is 10.2 Å². The van der Waals surface area contributed by atoms with Crippen LogP contribution in [0.25, 0.3) is 22.4 Å². The molecular formula is C41H37ClF4N6O7S2. The van der Waals surface area contributed by atoms with Crippen LogP contribution in [0.3, 0.4) is 0 Å². The zero-order valence-corrected chi connectivity index (χ0v) is 35.5. The second-order valence-electron chi connectivity index (χ2n) is 14.7. The van der Waals surface area contributed by atoms with Gasteiger partial charge in [0.25, 0.3) is 10.0 Å². The highest BCUT2D eigenvalue weighted by Crippen LogP contribution is 2.43. The average molecular weight is 901 g/mol. The molecule has 1 fully saturated rings. The van der Waals surface area contributed by atoms with Crippen LogP contribution in [0.2, 0.25) is 5.02 Å². The van der Waals surface area contributed by atoms with Gasteiger partial charge in [-0.05, 0) is 80.4 Å². The van der Waals surface area contributed by atoms with Crippen molar-refractivity contribution in [1.29, 1.82) is 0 Å². The quantitative estimate of drug-likeness (QED) is 0.109. The van der Waals surface area contributed by atoms with Crippen LogP contribution in [-0.4, -0.2) is 72.3 Å². The van der Waals surface area contributed by atoms with Gasteiger partial charge in [-0.2, -0.15) is 18.3 Å². The van der Waals surface area contributed by atoms with E-state index in [-0.39, 0.29) is 47.3 Å². The summed E-state index contributed by atoms with van der Waals surface area (Å²) in [6, 6.07) is 17.4. The van der Waals surface area contributed by atoms with Crippen molar-refractivity contribution in [3.05, 3.63) is 113 Å². The van der Waals surface area contributed by atoms with Gasteiger partial charge in [-0.3, -0.25) is 4.68 Å². The zero-order valence-electron chi connectivity index (χ0n) is 33.1. The van der Waals surface area contributed by atoms with Crippen LogP contribution < -0.4 is 18.5 Å². The van der Waals surface area contributed by atoms with Crippen LogP contribution in [0.15, 0.2) is 95.5 Å². The van der Waals surface area contributed by atoms with Crippen molar-refractivity contribution in [3.63, 3.8) is 0 Å². The third-order valence-corrected chi connectivity index (χ3v) is 12.4. The van der Waals surface area contributed by atoms with Crippen molar-refractivity contribution in [1.82, 2.24) is 24.9 Å². The summed E-state index contributed by atoms with van der Waals surface area (Å²) in [5, 5.41) is 11.9. The minimum atomic E-state index is -4.71. The molecule has 6 aromatic rings. The number of hydrogen-bond acceptors (Lipinski definition) is 11. The van der Waals surface area contributed by atoms with Gasteiger partial charge in [-0.1, -0.05) is 41.1 Å². The maximum absolute atomic E-state index is 16.3. The lowest BCUT2D eigenvalue weighted by Gasteiger charge is -2.40. The highest BCUT2D eigenvalue weighted by Gasteiger charge is 2.37. The Labute approximate surface area is 357 Å². The summed E-state index contributed by atoms with van der Waals surface area (Å²) in [7, 11) is -1.83. The van der Waals surface area contributed by atoms with Crippen molar-refractivity contribution in [3.8, 4) is 45.4 Å². The summed E-state index contributed by atoms with van der Waals surface area (Å²) in [4.78, 5) is 13.5. The monoisotopic (exact) mass is 900 g/mol. The van der Waals surface area contributed by atoms with E-state index in [9.17, 15) is 26.4 Å². The van der Waals surface area contributed by atoms with Gasteiger partial charge in [0.15, 0.2) is 0 Å². The van der Waals surface area contributed by atoms with Crippen molar-refractivity contribution in [2.24, 2.45) is 0 Å². The number of aromatic nitrogens is 4. The Balaban J connectivity index is 1.24. The van der Waals surface area contributed by atoms with Crippen LogP contribution in [0.4, 0.5) is 27.5 Å². The number of methoxy groups -OCH3 is 2. The van der Waals surface area contributed by atoms with Crippen molar-refractivity contribution in [2.45, 2.75) is 50.0 Å². The number of carbonyl (C=O) groups is 1. The molecule has 1 amide bonds. The van der Waals surface area contributed by atoms with E-state index < -0.39 is 44.2 Å². The highest BCUT2D eigenvalue weighted by molar-refractivity contribution is 7.93. The Bertz CT molecular complexity index is 2670. The maximum atomic E-state index is 16.3. The number of rotatable bonds is 12. The summed E-state index contributed by atoms with van der Waals surface area (Å²) < 4.78 is 110. The Hall–Kier alpha value is -5.92. The molecule has 0 atom stereocenters. The van der Waals surface area contributed by atoms with Gasteiger partial charge in [0.1, 0.15) is 44.8 Å². The number of ether oxygens (including phenoxy) is 4. The predicted octanol–water partition coefficient (Wildman–Crippen LogP) is 9.88. The molecule has 1 aliphatic rings. The van der Waals surface area contributed by atoms with E-state index in [0.717, 1.165) is 39.9 Å². The molecule has 20 heteroatoms. The molecule has 0 saturated carbocycles. The van der Waals surface area contributed by atoms with Gasteiger partial charge >= 0.3 is 12.3 Å². The minimum absolute atomic E-state index is 0.0520. The van der Waals surface area contributed by atoms with E-state index >= 15 is 4.39 Å². The van der Waals surface area contributed by atoms with Crippen molar-refractivity contribution >= 4 is 44.2 Å². The van der Waals surface area contributed by atoms with E-state index in [1.54, 1.807) is 61.9 Å². The first-order valence-corrected chi connectivity index (χ1v) is 21.1. The van der Waals surface area contributed by atoms with Crippen LogP contribution >= 0.6 is 22.9 Å². The molecule has 13 nitrogen and oxygen atoms in total. The third kappa shape index (κ3) is 9.23. The molecule has 1 saturated heterocycles. The molecule has 1 aliphatic heterocycles. The molecule has 7 rings (SSSR count). The number of amides is 1. The molecule has 320 valence electrons. The van der Waals surface area contributed by atoms with E-state index in [2.05, 4.69) is 15.3 Å². The number of nitrogens with zero attached hydrogens (tertiary/aromatic N) is 6. The summed E-state index contributed by atoms with van der Waals surface area (Å²) in [5.41, 5.74) is 2.08. The fraction of sp³-hybridized carbons (Fsp3) is 0.268. The van der Waals surface area contributed by atoms with E-state index in [1.165, 1.54) is 49.0 Å². The minimum Gasteiger partial charge on any atom is -0.497 e. The molecule has 0 unspecified atom stereocenters. The predicted molar refractivity (Wildman–Crippen MR) is 219 cm³/mol. The zero-order chi connectivity index (χ0) is 43.9. The second-order valence-corrected chi connectivity index (χ2v) is 17.8. The van der Waals surface area contributed by atoms with Crippen LogP contribution in [0, 0.1) is 5.82 Å². The number of sulfonamides is 1. The fourth-order valence-electron chi connectivity index (χ4n) is 6.45. The molecular weight excluding hydrogens is 864 g/mol. The Morgan fingerprint density at radius 3 is 2.28 bits per heavy atom. The lowest BCUT2D eigenvalue weighted by molar-refractivity contribution is -0.137. The van der Waals surface area contributed by atoms with Gasteiger partial charge < -0.3 is 23.8 Å². The van der Waals surface area contributed by atoms with E-state index in [0.29, 0.717) is 39.4 Å². The van der Waals surface area contributed by atoms with Gasteiger partial charge in [0.05, 0.1) is 43.1 Å². The van der Waals surface area contributed by atoms with Crippen LogP contribution in [0.1, 0.15) is 37.9 Å². The number of likely N-dealkylation sites (tertiary alicyclic amines) is 1. The Morgan fingerprint density at radius 2 is 1.64 bits per heavy atom. The first kappa shape index (κ1) is 43.2. The van der Waals surface area contributed by atoms with Crippen molar-refractivity contribution < 1.29 is 49.7 Å². The first-order valence-electron chi connectivity index (χ1n) is 18.4. The fourth-order valence-corrected chi connectivity index (χ4v) is 8.96. The highest BCUT2D eigenvalue weighted by atomic mass is 35.5. The standard InChI is InChI=1S/C41H37ClF4N6O7S2/c1-40(2,3)59-39(53)50-21-28(22-50)52-33(14-15-48-52)30-16-25(24-6-10-27(11-7-24)41(44,45)46)9-13-34(30)58-36-19-32(43)37(18-31(36)42)61(54,55)51(38-49-47-23-60-38)20-26-8-12-29(56-4)17-35(26)57-5/h6-19,23,28H,20-22H2,1-5H3. The lowest BCUT2D eigenvalue weighted by atomic mass is 9.99. The first-order chi connectivity index (χ1) is 28.9. The normalized spacial score (nSPS) is 13.4. The summed E-state index contributed by atoms with van der Waals surface area (Å²) in [5.74, 6) is -0.536. The van der Waals surface area contributed by atoms with Gasteiger partial charge in [0.2, 0.25) is 5.13 Å². The molecule has 61 heavy (non-hydrogen) atoms. The maximum Gasteiger partial charge on any atom is 0.416 e. The molecule has 3 heterocycles. The molecule has 0 aliphatic carbocycles. The summed E-state index contributed by atoms with van der Waals surface area (Å²) in [6.45, 7) is 5.51. The molecule has 2 aromatic heterocycles. The largest absolute Gasteiger partial charge is 0.497 e. The molecule has 0 bridgehead atoms. The molecule has 0 spiro atoms. The number of hydrogen-bond donors (Lipinski definition) is 0. The Kier molecular flexibility index (Phi) is 11.9. The smallest absolute Gasteiger partial charge is 0.416 e. The average Bonchev–Trinajstić information content (AvgIpc) is 3.90. The second kappa shape index (κ2) is 16.9. The SMILES string of the molecule is COc1ccc(CN(c2nncs2)S(=O)(=O)c2cc(Cl)c(Oc3ccc(-c4ccc(C(F)(F)F)cc4)cc3-c3ccnn3C3CN(C(=O)OC(C)(C)C)C3)cc2F)c(OC)c1. The number of benzene rings is 4. The molecule has 0 radical (unpaired) electrons. The topological polar surface area (TPSA) is 138 Å².